The Kier molecular flexibility index (Phi) is 13.4. The van der Waals surface area contributed by atoms with E-state index in [1.54, 1.807) is 38.9 Å². The molecular weight excluding hydrogens is 580 g/mol. The van der Waals surface area contributed by atoms with Crippen molar-refractivity contribution in [3.8, 4) is 0 Å². The van der Waals surface area contributed by atoms with Crippen LogP contribution in [0.4, 0.5) is 0 Å². The number of hydrogen-bond donors (Lipinski definition) is 2. The van der Waals surface area contributed by atoms with Crippen LogP contribution in [-0.2, 0) is 30.3 Å². The van der Waals surface area contributed by atoms with Crippen molar-refractivity contribution in [1.29, 1.82) is 0 Å². The molecular formula is C37H58N4O5. The lowest BCUT2D eigenvalue weighted by Gasteiger charge is -2.41. The number of likely N-dealkylation sites (N-methyl/N-ethyl adjacent to an activating group) is 2. The van der Waals surface area contributed by atoms with Gasteiger partial charge in [-0.25, -0.2) is 0 Å². The average molecular weight is 639 g/mol. The SMILES string of the molecule is CC(=O)OC(C)(C)CNC(=O)[C@@H](Cc1ccccc1)N(C)C(=O)[C@@H](CC1CCC2CCCCC2C1)N(C)C(=O)C=CCC(C)(C)N. The topological polar surface area (TPSA) is 122 Å². The Morgan fingerprint density at radius 1 is 0.957 bits per heavy atom. The van der Waals surface area contributed by atoms with Crippen LogP contribution >= 0.6 is 0 Å². The van der Waals surface area contributed by atoms with Gasteiger partial charge in [-0.2, -0.15) is 0 Å². The van der Waals surface area contributed by atoms with Crippen LogP contribution in [0.15, 0.2) is 42.5 Å². The molecule has 0 radical (unpaired) electrons. The lowest BCUT2D eigenvalue weighted by Crippen LogP contribution is -2.56. The molecule has 3 N–H and O–H groups in total. The van der Waals surface area contributed by atoms with Gasteiger partial charge in [-0.1, -0.05) is 68.5 Å². The highest BCUT2D eigenvalue weighted by Gasteiger charge is 2.39. The molecule has 3 amide bonds. The summed E-state index contributed by atoms with van der Waals surface area (Å²) in [4.78, 5) is 56.4. The predicted octanol–water partition coefficient (Wildman–Crippen LogP) is 5.02. The molecule has 2 saturated carbocycles. The van der Waals surface area contributed by atoms with E-state index in [2.05, 4.69) is 5.32 Å². The average Bonchev–Trinajstić information content (AvgIpc) is 2.99. The van der Waals surface area contributed by atoms with Crippen LogP contribution < -0.4 is 11.1 Å². The highest BCUT2D eigenvalue weighted by Crippen LogP contribution is 2.44. The van der Waals surface area contributed by atoms with Gasteiger partial charge < -0.3 is 25.6 Å². The Hall–Kier alpha value is -3.20. The molecule has 0 heterocycles. The Morgan fingerprint density at radius 3 is 2.24 bits per heavy atom. The molecule has 0 bridgehead atoms. The number of ether oxygens (including phenoxy) is 1. The van der Waals surface area contributed by atoms with Crippen molar-refractivity contribution in [2.75, 3.05) is 20.6 Å². The van der Waals surface area contributed by atoms with Crippen molar-refractivity contribution in [2.24, 2.45) is 23.5 Å². The number of nitrogens with zero attached hydrogens (tertiary/aromatic N) is 2. The number of fused-ring (bicyclic) bond motifs is 1. The molecule has 9 nitrogen and oxygen atoms in total. The van der Waals surface area contributed by atoms with E-state index in [1.165, 1.54) is 50.0 Å². The van der Waals surface area contributed by atoms with Crippen LogP contribution in [0.3, 0.4) is 0 Å². The van der Waals surface area contributed by atoms with E-state index in [4.69, 9.17) is 10.5 Å². The zero-order valence-corrected chi connectivity index (χ0v) is 29.2. The van der Waals surface area contributed by atoms with Crippen molar-refractivity contribution in [3.05, 3.63) is 48.0 Å². The largest absolute Gasteiger partial charge is 0.458 e. The summed E-state index contributed by atoms with van der Waals surface area (Å²) >= 11 is 0. The number of hydrogen-bond acceptors (Lipinski definition) is 6. The molecule has 1 aromatic carbocycles. The number of benzene rings is 1. The van der Waals surface area contributed by atoms with Crippen molar-refractivity contribution in [1.82, 2.24) is 15.1 Å². The van der Waals surface area contributed by atoms with Crippen LogP contribution in [0.25, 0.3) is 0 Å². The van der Waals surface area contributed by atoms with Crippen molar-refractivity contribution < 1.29 is 23.9 Å². The molecule has 1 aromatic rings. The fourth-order valence-corrected chi connectivity index (χ4v) is 7.13. The highest BCUT2D eigenvalue weighted by atomic mass is 16.6. The van der Waals surface area contributed by atoms with E-state index in [0.717, 1.165) is 24.3 Å². The molecule has 2 fully saturated rings. The van der Waals surface area contributed by atoms with E-state index in [9.17, 15) is 19.2 Å². The van der Waals surface area contributed by atoms with Gasteiger partial charge in [0.2, 0.25) is 17.7 Å². The summed E-state index contributed by atoms with van der Waals surface area (Å²) in [6.45, 7) is 8.69. The number of amides is 3. The minimum atomic E-state index is -0.918. The zero-order valence-electron chi connectivity index (χ0n) is 29.2. The van der Waals surface area contributed by atoms with Crippen LogP contribution in [0, 0.1) is 17.8 Å². The number of carbonyl (C=O) groups excluding carboxylic acids is 4. The van der Waals surface area contributed by atoms with Gasteiger partial charge in [0.05, 0.1) is 6.54 Å². The van der Waals surface area contributed by atoms with Gasteiger partial charge >= 0.3 is 5.97 Å². The molecule has 0 saturated heterocycles. The Bertz CT molecular complexity index is 1210. The first kappa shape index (κ1) is 37.3. The molecule has 2 aliphatic carbocycles. The zero-order chi connectivity index (χ0) is 34.1. The summed E-state index contributed by atoms with van der Waals surface area (Å²) in [5.41, 5.74) is 5.66. The quantitative estimate of drug-likeness (QED) is 0.218. The maximum absolute atomic E-state index is 14.5. The van der Waals surface area contributed by atoms with E-state index in [1.807, 2.05) is 44.2 Å². The maximum Gasteiger partial charge on any atom is 0.303 e. The summed E-state index contributed by atoms with van der Waals surface area (Å²) in [6.07, 6.45) is 13.1. The number of nitrogens with two attached hydrogens (primary N) is 1. The molecule has 46 heavy (non-hydrogen) atoms. The monoisotopic (exact) mass is 638 g/mol. The second-order valence-electron chi connectivity index (χ2n) is 15.0. The Balaban J connectivity index is 1.87. The smallest absolute Gasteiger partial charge is 0.303 e. The molecule has 9 heteroatoms. The van der Waals surface area contributed by atoms with Gasteiger partial charge in [0.15, 0.2) is 0 Å². The normalized spacial score (nSPS) is 21.5. The summed E-state index contributed by atoms with van der Waals surface area (Å²) < 4.78 is 5.37. The van der Waals surface area contributed by atoms with Gasteiger partial charge in [0, 0.05) is 33.0 Å². The van der Waals surface area contributed by atoms with Crippen molar-refractivity contribution in [3.63, 3.8) is 0 Å². The minimum Gasteiger partial charge on any atom is -0.458 e. The number of carbonyl (C=O) groups is 4. The van der Waals surface area contributed by atoms with Gasteiger partial charge in [-0.15, -0.1) is 0 Å². The predicted molar refractivity (Wildman–Crippen MR) is 182 cm³/mol. The van der Waals surface area contributed by atoms with Crippen molar-refractivity contribution in [2.45, 2.75) is 122 Å². The second kappa shape index (κ2) is 16.6. The maximum atomic E-state index is 14.5. The number of rotatable bonds is 14. The fraction of sp³-hybridized carbons (Fsp3) is 0.676. The third kappa shape index (κ3) is 11.6. The van der Waals surface area contributed by atoms with E-state index in [-0.39, 0.29) is 24.3 Å². The molecule has 256 valence electrons. The molecule has 5 atom stereocenters. The fourth-order valence-electron chi connectivity index (χ4n) is 7.13. The van der Waals surface area contributed by atoms with E-state index < -0.39 is 29.2 Å². The first-order valence-electron chi connectivity index (χ1n) is 17.1. The summed E-state index contributed by atoms with van der Waals surface area (Å²) in [7, 11) is 3.35. The highest BCUT2D eigenvalue weighted by molar-refractivity contribution is 5.94. The molecule has 0 aliphatic heterocycles. The summed E-state index contributed by atoms with van der Waals surface area (Å²) in [5, 5.41) is 2.92. The molecule has 2 aliphatic rings. The van der Waals surface area contributed by atoms with Crippen LogP contribution in [0.5, 0.6) is 0 Å². The Labute approximate surface area is 276 Å². The van der Waals surface area contributed by atoms with Crippen LogP contribution in [-0.4, -0.2) is 77.4 Å². The third-order valence-corrected chi connectivity index (χ3v) is 9.71. The second-order valence-corrected chi connectivity index (χ2v) is 15.0. The van der Waals surface area contributed by atoms with Gasteiger partial charge in [0.1, 0.15) is 17.7 Å². The van der Waals surface area contributed by atoms with E-state index >= 15 is 0 Å². The summed E-state index contributed by atoms with van der Waals surface area (Å²) in [6, 6.07) is 8.02. The Morgan fingerprint density at radius 2 is 1.61 bits per heavy atom. The van der Waals surface area contributed by atoms with Gasteiger partial charge in [0.25, 0.3) is 0 Å². The first-order chi connectivity index (χ1) is 21.6. The van der Waals surface area contributed by atoms with Gasteiger partial charge in [-0.05, 0) is 82.8 Å². The summed E-state index contributed by atoms with van der Waals surface area (Å²) in [5.74, 6) is 0.494. The number of esters is 1. The van der Waals surface area contributed by atoms with E-state index in [0.29, 0.717) is 31.1 Å². The number of nitrogens with one attached hydrogen (secondary N) is 1. The molecule has 3 unspecified atom stereocenters. The third-order valence-electron chi connectivity index (χ3n) is 9.71. The first-order valence-corrected chi connectivity index (χ1v) is 17.1. The minimum absolute atomic E-state index is 0.0907. The molecule has 0 aromatic heterocycles. The van der Waals surface area contributed by atoms with Gasteiger partial charge in [-0.3, -0.25) is 19.2 Å². The standard InChI is InChI=1S/C37H58N4O5/c1-26(42)46-37(4,5)25-39-34(44)31(23-27-14-9-8-10-15-27)41(7)35(45)32(40(6)33(43)18-13-21-36(2,3)38)24-28-19-20-29-16-11-12-17-30(29)22-28/h8-10,13-15,18,28-32H,11-12,16-17,19-25,38H2,1-7H3,(H,39,44)/t28?,29?,30?,31-,32-/m1/s1. The lowest BCUT2D eigenvalue weighted by atomic mass is 9.66. The van der Waals surface area contributed by atoms with Crippen molar-refractivity contribution >= 4 is 23.7 Å². The molecule has 0 spiro atoms. The molecule has 3 rings (SSSR count). The lowest BCUT2D eigenvalue weighted by molar-refractivity contribution is -0.154. The van der Waals surface area contributed by atoms with Crippen LogP contribution in [0.2, 0.25) is 0 Å². The van der Waals surface area contributed by atoms with Crippen LogP contribution in [0.1, 0.15) is 98.0 Å².